The third kappa shape index (κ3) is 3.69. The summed E-state index contributed by atoms with van der Waals surface area (Å²) in [6, 6.07) is 0.397. The molecular formula is C14H13F4N3O. The summed E-state index contributed by atoms with van der Waals surface area (Å²) in [6.45, 7) is 1.82. The molecule has 118 valence electrons. The third-order valence-electron chi connectivity index (χ3n) is 3.17. The number of pyridine rings is 1. The minimum atomic E-state index is -4.69. The molecule has 0 fully saturated rings. The van der Waals surface area contributed by atoms with Crippen LogP contribution in [0.15, 0.2) is 23.3 Å². The highest BCUT2D eigenvalue weighted by atomic mass is 19.4. The molecule has 0 aliphatic heterocycles. The average Bonchev–Trinajstić information content (AvgIpc) is 2.44. The van der Waals surface area contributed by atoms with Crippen molar-refractivity contribution in [3.8, 4) is 0 Å². The van der Waals surface area contributed by atoms with E-state index in [0.29, 0.717) is 23.6 Å². The van der Waals surface area contributed by atoms with Gasteiger partial charge in [-0.25, -0.2) is 9.37 Å². The van der Waals surface area contributed by atoms with Gasteiger partial charge in [0.15, 0.2) is 5.69 Å². The van der Waals surface area contributed by atoms with Gasteiger partial charge in [-0.05, 0) is 24.0 Å². The van der Waals surface area contributed by atoms with E-state index in [9.17, 15) is 22.4 Å². The van der Waals surface area contributed by atoms with E-state index in [0.717, 1.165) is 6.20 Å². The minimum Gasteiger partial charge on any atom is -0.311 e. The highest BCUT2D eigenvalue weighted by Gasteiger charge is 2.33. The summed E-state index contributed by atoms with van der Waals surface area (Å²) in [5.74, 6) is -0.647. The van der Waals surface area contributed by atoms with E-state index in [1.54, 1.807) is 0 Å². The van der Waals surface area contributed by atoms with Gasteiger partial charge in [0, 0.05) is 18.7 Å². The van der Waals surface area contributed by atoms with E-state index in [2.05, 4.69) is 15.0 Å². The maximum Gasteiger partial charge on any atom is 0.433 e. The van der Waals surface area contributed by atoms with Crippen molar-refractivity contribution in [2.45, 2.75) is 32.4 Å². The highest BCUT2D eigenvalue weighted by Crippen LogP contribution is 2.26. The molecule has 2 heterocycles. The zero-order chi connectivity index (χ0) is 16.3. The lowest BCUT2D eigenvalue weighted by Gasteiger charge is -2.10. The minimum absolute atomic E-state index is 0.00685. The predicted molar refractivity (Wildman–Crippen MR) is 70.8 cm³/mol. The number of alkyl halides is 3. The number of aromatic amines is 1. The smallest absolute Gasteiger partial charge is 0.311 e. The lowest BCUT2D eigenvalue weighted by Crippen LogP contribution is -2.19. The Morgan fingerprint density at radius 1 is 1.23 bits per heavy atom. The summed E-state index contributed by atoms with van der Waals surface area (Å²) in [5.41, 5.74) is -1.09. The van der Waals surface area contributed by atoms with E-state index in [1.807, 2.05) is 6.92 Å². The Balaban J connectivity index is 2.26. The predicted octanol–water partition coefficient (Wildman–Crippen LogP) is 2.67. The molecule has 0 spiro atoms. The van der Waals surface area contributed by atoms with Crippen LogP contribution in [0.2, 0.25) is 0 Å². The number of nitrogens with one attached hydrogen (secondary N) is 1. The lowest BCUT2D eigenvalue weighted by atomic mass is 10.0. The summed E-state index contributed by atoms with van der Waals surface area (Å²) in [7, 11) is 0. The monoisotopic (exact) mass is 315 g/mol. The van der Waals surface area contributed by atoms with Gasteiger partial charge in [0.2, 0.25) is 0 Å². The van der Waals surface area contributed by atoms with Crippen molar-refractivity contribution in [2.75, 3.05) is 0 Å². The molecule has 0 saturated carbocycles. The summed E-state index contributed by atoms with van der Waals surface area (Å²) in [6.07, 6.45) is -1.46. The second-order valence-corrected chi connectivity index (χ2v) is 4.69. The molecule has 2 aromatic rings. The van der Waals surface area contributed by atoms with Gasteiger partial charge in [-0.1, -0.05) is 6.92 Å². The zero-order valence-electron chi connectivity index (χ0n) is 11.7. The van der Waals surface area contributed by atoms with Gasteiger partial charge in [0.25, 0.3) is 5.56 Å². The largest absolute Gasteiger partial charge is 0.433 e. The molecule has 0 amide bonds. The molecule has 0 radical (unpaired) electrons. The molecule has 0 aromatic carbocycles. The van der Waals surface area contributed by atoms with Crippen LogP contribution in [0.3, 0.4) is 0 Å². The molecule has 0 atom stereocenters. The Morgan fingerprint density at radius 3 is 2.59 bits per heavy atom. The summed E-state index contributed by atoms with van der Waals surface area (Å²) in [4.78, 5) is 20.6. The topological polar surface area (TPSA) is 58.6 Å². The van der Waals surface area contributed by atoms with Crippen LogP contribution in [0.1, 0.15) is 29.6 Å². The van der Waals surface area contributed by atoms with Crippen molar-refractivity contribution in [3.63, 3.8) is 0 Å². The number of aryl methyl sites for hydroxylation is 2. The normalized spacial score (nSPS) is 11.7. The molecule has 8 heteroatoms. The lowest BCUT2D eigenvalue weighted by molar-refractivity contribution is -0.141. The van der Waals surface area contributed by atoms with Crippen molar-refractivity contribution >= 4 is 0 Å². The maximum absolute atomic E-state index is 13.8. The molecule has 0 aliphatic carbocycles. The van der Waals surface area contributed by atoms with Crippen molar-refractivity contribution in [2.24, 2.45) is 0 Å². The molecule has 4 nitrogen and oxygen atoms in total. The van der Waals surface area contributed by atoms with Gasteiger partial charge in [0.1, 0.15) is 11.6 Å². The van der Waals surface area contributed by atoms with Gasteiger partial charge in [-0.3, -0.25) is 9.78 Å². The zero-order valence-corrected chi connectivity index (χ0v) is 11.7. The van der Waals surface area contributed by atoms with Crippen LogP contribution >= 0.6 is 0 Å². The average molecular weight is 315 g/mol. The van der Waals surface area contributed by atoms with Crippen molar-refractivity contribution in [3.05, 3.63) is 57.3 Å². The van der Waals surface area contributed by atoms with E-state index in [-0.39, 0.29) is 18.7 Å². The SMILES string of the molecule is CCc1cncc(F)c1CCc1nc(C(F)(F)F)cc(=O)[nH]1. The number of hydrogen-bond donors (Lipinski definition) is 1. The Hall–Kier alpha value is -2.25. The van der Waals surface area contributed by atoms with Crippen LogP contribution in [0, 0.1) is 5.82 Å². The number of rotatable bonds is 4. The first-order chi connectivity index (χ1) is 10.3. The molecule has 0 bridgehead atoms. The Morgan fingerprint density at radius 2 is 1.95 bits per heavy atom. The number of aromatic nitrogens is 3. The fraction of sp³-hybridized carbons (Fsp3) is 0.357. The van der Waals surface area contributed by atoms with Crippen LogP contribution in [-0.2, 0) is 25.4 Å². The van der Waals surface area contributed by atoms with Crippen LogP contribution in [0.5, 0.6) is 0 Å². The fourth-order valence-corrected chi connectivity index (χ4v) is 2.10. The second kappa shape index (κ2) is 6.25. The Labute approximate surface area is 123 Å². The fourth-order valence-electron chi connectivity index (χ4n) is 2.10. The van der Waals surface area contributed by atoms with E-state index < -0.39 is 23.2 Å². The molecule has 1 N–H and O–H groups in total. The summed E-state index contributed by atoms with van der Waals surface area (Å²) in [5, 5.41) is 0. The molecule has 0 saturated heterocycles. The number of nitrogens with zero attached hydrogens (tertiary/aromatic N) is 2. The van der Waals surface area contributed by atoms with E-state index in [4.69, 9.17) is 0 Å². The van der Waals surface area contributed by atoms with Gasteiger partial charge >= 0.3 is 6.18 Å². The highest BCUT2D eigenvalue weighted by molar-refractivity contribution is 5.25. The van der Waals surface area contributed by atoms with Crippen molar-refractivity contribution in [1.29, 1.82) is 0 Å². The van der Waals surface area contributed by atoms with Crippen LogP contribution in [0.4, 0.5) is 17.6 Å². The first-order valence-corrected chi connectivity index (χ1v) is 6.60. The van der Waals surface area contributed by atoms with Crippen LogP contribution in [0.25, 0.3) is 0 Å². The molecule has 2 aromatic heterocycles. The maximum atomic E-state index is 13.8. The molecular weight excluding hydrogens is 302 g/mol. The Kier molecular flexibility index (Phi) is 4.58. The van der Waals surface area contributed by atoms with E-state index >= 15 is 0 Å². The van der Waals surface area contributed by atoms with Gasteiger partial charge < -0.3 is 4.98 Å². The van der Waals surface area contributed by atoms with Crippen molar-refractivity contribution in [1.82, 2.24) is 15.0 Å². The quantitative estimate of drug-likeness (QED) is 0.883. The van der Waals surface area contributed by atoms with E-state index in [1.165, 1.54) is 6.20 Å². The summed E-state index contributed by atoms with van der Waals surface area (Å²) < 4.78 is 51.6. The summed E-state index contributed by atoms with van der Waals surface area (Å²) >= 11 is 0. The van der Waals surface area contributed by atoms with Gasteiger partial charge in [-0.2, -0.15) is 13.2 Å². The Bertz CT molecular complexity index is 725. The first-order valence-electron chi connectivity index (χ1n) is 6.60. The first kappa shape index (κ1) is 16.1. The molecule has 0 aliphatic rings. The number of hydrogen-bond acceptors (Lipinski definition) is 3. The standard InChI is InChI=1S/C14H13F4N3O/c1-2-8-6-19-7-10(15)9(8)3-4-12-20-11(14(16,17)18)5-13(22)21-12/h5-7H,2-4H2,1H3,(H,20,21,22). The van der Waals surface area contributed by atoms with Crippen LogP contribution < -0.4 is 5.56 Å². The number of halogens is 4. The van der Waals surface area contributed by atoms with Crippen LogP contribution in [-0.4, -0.2) is 15.0 Å². The molecule has 2 rings (SSSR count). The van der Waals surface area contributed by atoms with Gasteiger partial charge in [0.05, 0.1) is 6.20 Å². The number of H-pyrrole nitrogens is 1. The third-order valence-corrected chi connectivity index (χ3v) is 3.17. The second-order valence-electron chi connectivity index (χ2n) is 4.69. The molecule has 22 heavy (non-hydrogen) atoms. The van der Waals surface area contributed by atoms with Gasteiger partial charge in [-0.15, -0.1) is 0 Å². The van der Waals surface area contributed by atoms with Crippen molar-refractivity contribution < 1.29 is 17.6 Å². The molecule has 0 unspecified atom stereocenters.